The Morgan fingerprint density at radius 2 is 1.61 bits per heavy atom. The van der Waals surface area contributed by atoms with Crippen molar-refractivity contribution in [2.45, 2.75) is 33.1 Å². The lowest BCUT2D eigenvalue weighted by molar-refractivity contribution is -0.140. The molecule has 1 unspecified atom stereocenters. The maximum absolute atomic E-state index is 12.3. The van der Waals surface area contributed by atoms with Gasteiger partial charge in [0.2, 0.25) is 5.91 Å². The number of nitrogens with one attached hydrogen (secondary N) is 1. The number of anilines is 1. The first-order valence-electron chi connectivity index (χ1n) is 7.54. The summed E-state index contributed by atoms with van der Waals surface area (Å²) in [5.41, 5.74) is 4.47. The van der Waals surface area contributed by atoms with Crippen molar-refractivity contribution in [1.82, 2.24) is 0 Å². The lowest BCUT2D eigenvalue weighted by Crippen LogP contribution is -2.21. The average molecular weight is 311 g/mol. The fraction of sp³-hybridized carbons (Fsp3) is 0.263. The molecular formula is C19H21NO3. The van der Waals surface area contributed by atoms with E-state index in [9.17, 15) is 14.7 Å². The molecule has 0 saturated heterocycles. The number of carboxylic acid groups (broad SMARTS) is 1. The molecule has 0 aliphatic heterocycles. The highest BCUT2D eigenvalue weighted by atomic mass is 16.4. The van der Waals surface area contributed by atoms with Crippen LogP contribution in [0.3, 0.4) is 0 Å². The number of carbonyl (C=O) groups excluding carboxylic acids is 1. The van der Waals surface area contributed by atoms with Gasteiger partial charge in [-0.15, -0.1) is 0 Å². The van der Waals surface area contributed by atoms with Crippen molar-refractivity contribution in [3.05, 3.63) is 64.7 Å². The molecule has 1 atom stereocenters. The number of benzene rings is 2. The molecule has 2 rings (SSSR count). The average Bonchev–Trinajstić information content (AvgIpc) is 2.49. The van der Waals surface area contributed by atoms with Crippen LogP contribution in [0.2, 0.25) is 0 Å². The molecule has 120 valence electrons. The molecule has 0 heterocycles. The lowest BCUT2D eigenvalue weighted by atomic mass is 9.95. The fourth-order valence-corrected chi connectivity index (χ4v) is 2.79. The van der Waals surface area contributed by atoms with Gasteiger partial charge in [0.15, 0.2) is 0 Å². The van der Waals surface area contributed by atoms with E-state index in [4.69, 9.17) is 0 Å². The van der Waals surface area contributed by atoms with E-state index in [0.717, 1.165) is 22.4 Å². The van der Waals surface area contributed by atoms with Crippen LogP contribution in [-0.4, -0.2) is 17.0 Å². The van der Waals surface area contributed by atoms with Crippen LogP contribution in [0.4, 0.5) is 5.69 Å². The van der Waals surface area contributed by atoms with Gasteiger partial charge >= 0.3 is 5.97 Å². The number of rotatable bonds is 5. The van der Waals surface area contributed by atoms with Crippen molar-refractivity contribution in [2.24, 2.45) is 0 Å². The number of aryl methyl sites for hydroxylation is 3. The van der Waals surface area contributed by atoms with Crippen LogP contribution >= 0.6 is 0 Å². The lowest BCUT2D eigenvalue weighted by Gasteiger charge is -2.16. The Bertz CT molecular complexity index is 700. The molecule has 0 aromatic heterocycles. The number of aliphatic carboxylic acids is 1. The number of carboxylic acids is 1. The Morgan fingerprint density at radius 3 is 2.13 bits per heavy atom. The van der Waals surface area contributed by atoms with Crippen molar-refractivity contribution >= 4 is 17.6 Å². The van der Waals surface area contributed by atoms with Gasteiger partial charge in [0, 0.05) is 12.1 Å². The van der Waals surface area contributed by atoms with Gasteiger partial charge in [-0.3, -0.25) is 9.59 Å². The number of carbonyl (C=O) groups is 2. The van der Waals surface area contributed by atoms with E-state index in [-0.39, 0.29) is 12.3 Å². The molecule has 0 saturated carbocycles. The summed E-state index contributed by atoms with van der Waals surface area (Å²) in [7, 11) is 0. The van der Waals surface area contributed by atoms with E-state index in [1.807, 2.05) is 39.0 Å². The van der Waals surface area contributed by atoms with E-state index in [2.05, 4.69) is 5.32 Å². The van der Waals surface area contributed by atoms with Crippen LogP contribution in [-0.2, 0) is 9.59 Å². The third-order valence-electron chi connectivity index (χ3n) is 3.83. The minimum atomic E-state index is -0.997. The van der Waals surface area contributed by atoms with Gasteiger partial charge in [0.05, 0.1) is 5.92 Å². The summed E-state index contributed by atoms with van der Waals surface area (Å²) in [6, 6.07) is 12.8. The Labute approximate surface area is 136 Å². The topological polar surface area (TPSA) is 66.4 Å². The number of hydrogen-bond acceptors (Lipinski definition) is 2. The van der Waals surface area contributed by atoms with Gasteiger partial charge in [-0.1, -0.05) is 48.0 Å². The molecule has 0 radical (unpaired) electrons. The Morgan fingerprint density at radius 1 is 1.04 bits per heavy atom. The Hall–Kier alpha value is -2.62. The third-order valence-corrected chi connectivity index (χ3v) is 3.83. The summed E-state index contributed by atoms with van der Waals surface area (Å²) in [6.07, 6.45) is -0.0912. The third kappa shape index (κ3) is 4.19. The molecule has 1 amide bonds. The normalized spacial score (nSPS) is 11.8. The molecule has 0 spiro atoms. The maximum atomic E-state index is 12.3. The highest BCUT2D eigenvalue weighted by Crippen LogP contribution is 2.24. The monoisotopic (exact) mass is 311 g/mol. The molecule has 2 aromatic carbocycles. The summed E-state index contributed by atoms with van der Waals surface area (Å²) in [5.74, 6) is -2.14. The maximum Gasteiger partial charge on any atom is 0.311 e. The summed E-state index contributed by atoms with van der Waals surface area (Å²) in [6.45, 7) is 5.87. The minimum Gasteiger partial charge on any atom is -0.481 e. The summed E-state index contributed by atoms with van der Waals surface area (Å²) in [4.78, 5) is 23.8. The molecule has 23 heavy (non-hydrogen) atoms. The van der Waals surface area contributed by atoms with Crippen LogP contribution in [0.1, 0.15) is 34.6 Å². The van der Waals surface area contributed by atoms with Crippen LogP contribution in [0.5, 0.6) is 0 Å². The van der Waals surface area contributed by atoms with Gasteiger partial charge in [-0.2, -0.15) is 0 Å². The molecule has 0 bridgehead atoms. The van der Waals surface area contributed by atoms with Gasteiger partial charge in [-0.25, -0.2) is 0 Å². The highest BCUT2D eigenvalue weighted by molar-refractivity contribution is 5.95. The molecule has 0 fully saturated rings. The van der Waals surface area contributed by atoms with E-state index in [1.165, 1.54) is 0 Å². The minimum absolute atomic E-state index is 0.0912. The highest BCUT2D eigenvalue weighted by Gasteiger charge is 2.23. The number of hydrogen-bond donors (Lipinski definition) is 2. The van der Waals surface area contributed by atoms with Crippen molar-refractivity contribution < 1.29 is 14.7 Å². The van der Waals surface area contributed by atoms with Crippen molar-refractivity contribution in [3.63, 3.8) is 0 Å². The van der Waals surface area contributed by atoms with Crippen LogP contribution in [0.25, 0.3) is 0 Å². The number of amides is 1. The van der Waals surface area contributed by atoms with Gasteiger partial charge < -0.3 is 10.4 Å². The Kier molecular flexibility index (Phi) is 5.16. The van der Waals surface area contributed by atoms with E-state index >= 15 is 0 Å². The Balaban J connectivity index is 2.16. The van der Waals surface area contributed by atoms with E-state index in [1.54, 1.807) is 24.3 Å². The first-order valence-corrected chi connectivity index (χ1v) is 7.54. The van der Waals surface area contributed by atoms with Crippen molar-refractivity contribution in [1.29, 1.82) is 0 Å². The second-order valence-corrected chi connectivity index (χ2v) is 5.83. The summed E-state index contributed by atoms with van der Waals surface area (Å²) >= 11 is 0. The second-order valence-electron chi connectivity index (χ2n) is 5.83. The molecule has 0 aliphatic carbocycles. The van der Waals surface area contributed by atoms with Gasteiger partial charge in [0.1, 0.15) is 0 Å². The quantitative estimate of drug-likeness (QED) is 0.882. The second kappa shape index (κ2) is 7.09. The van der Waals surface area contributed by atoms with Gasteiger partial charge in [-0.05, 0) is 37.5 Å². The largest absolute Gasteiger partial charge is 0.481 e. The fourth-order valence-electron chi connectivity index (χ4n) is 2.79. The zero-order valence-electron chi connectivity index (χ0n) is 13.6. The van der Waals surface area contributed by atoms with Crippen molar-refractivity contribution in [2.75, 3.05) is 5.32 Å². The first-order chi connectivity index (χ1) is 10.9. The predicted molar refractivity (Wildman–Crippen MR) is 90.7 cm³/mol. The predicted octanol–water partition coefficient (Wildman–Crippen LogP) is 3.81. The zero-order valence-corrected chi connectivity index (χ0v) is 13.6. The molecule has 0 aliphatic rings. The first kappa shape index (κ1) is 16.7. The van der Waals surface area contributed by atoms with Crippen LogP contribution in [0, 0.1) is 20.8 Å². The molecule has 2 N–H and O–H groups in total. The summed E-state index contributed by atoms with van der Waals surface area (Å²) in [5, 5.41) is 12.3. The van der Waals surface area contributed by atoms with E-state index in [0.29, 0.717) is 5.56 Å². The van der Waals surface area contributed by atoms with Crippen LogP contribution in [0.15, 0.2) is 42.5 Å². The standard InChI is InChI=1S/C19H21NO3/c1-12-9-13(2)18(14(3)10-12)20-17(21)11-16(19(22)23)15-7-5-4-6-8-15/h4-10,16H,11H2,1-3H3,(H,20,21)(H,22,23). The SMILES string of the molecule is Cc1cc(C)c(NC(=O)CC(C(=O)O)c2ccccc2)c(C)c1. The van der Waals surface area contributed by atoms with Gasteiger partial charge in [0.25, 0.3) is 0 Å². The molecule has 4 heteroatoms. The van der Waals surface area contributed by atoms with Crippen LogP contribution < -0.4 is 5.32 Å². The molecule has 4 nitrogen and oxygen atoms in total. The van der Waals surface area contributed by atoms with Crippen molar-refractivity contribution in [3.8, 4) is 0 Å². The zero-order chi connectivity index (χ0) is 17.0. The summed E-state index contributed by atoms with van der Waals surface area (Å²) < 4.78 is 0. The smallest absolute Gasteiger partial charge is 0.311 e. The van der Waals surface area contributed by atoms with E-state index < -0.39 is 11.9 Å². The molecule has 2 aromatic rings. The molecular weight excluding hydrogens is 290 g/mol.